The molecule has 2 rings (SSSR count). The molecule has 0 fully saturated rings. The van der Waals surface area contributed by atoms with Crippen molar-refractivity contribution in [2.45, 2.75) is 6.92 Å². The quantitative estimate of drug-likeness (QED) is 0.573. The maximum Gasteiger partial charge on any atom is 0.196 e. The van der Waals surface area contributed by atoms with Crippen LogP contribution < -0.4 is 0 Å². The predicted molar refractivity (Wildman–Crippen MR) is 48.3 cm³/mol. The average Bonchev–Trinajstić information content (AvgIpc) is 2.53. The van der Waals surface area contributed by atoms with Crippen LogP contribution in [0, 0.1) is 24.4 Å². The number of fused-ring (bicyclic) bond motifs is 1. The summed E-state index contributed by atoms with van der Waals surface area (Å²) in [4.78, 5) is 12.9. The van der Waals surface area contributed by atoms with E-state index in [0.717, 1.165) is 6.07 Å². The molecular formula is C10H6F3NO. The van der Waals surface area contributed by atoms with E-state index >= 15 is 0 Å². The molecule has 0 atom stereocenters. The highest BCUT2D eigenvalue weighted by Gasteiger charge is 2.17. The molecule has 1 aromatic carbocycles. The summed E-state index contributed by atoms with van der Waals surface area (Å²) in [6.45, 7) is 1.53. The van der Waals surface area contributed by atoms with E-state index in [9.17, 15) is 18.0 Å². The number of nitrogens with one attached hydrogen (secondary N) is 1. The van der Waals surface area contributed by atoms with Crippen molar-refractivity contribution in [2.24, 2.45) is 0 Å². The maximum absolute atomic E-state index is 13.2. The molecule has 0 aliphatic heterocycles. The number of aromatic amines is 1. The Kier molecular flexibility index (Phi) is 2.03. The van der Waals surface area contributed by atoms with Crippen LogP contribution >= 0.6 is 0 Å². The molecule has 0 unspecified atom stereocenters. The number of rotatable bonds is 1. The van der Waals surface area contributed by atoms with Gasteiger partial charge in [-0.25, -0.2) is 13.2 Å². The fourth-order valence-electron chi connectivity index (χ4n) is 1.50. The molecule has 0 radical (unpaired) electrons. The summed E-state index contributed by atoms with van der Waals surface area (Å²) < 4.78 is 39.0. The summed E-state index contributed by atoms with van der Waals surface area (Å²) >= 11 is 0. The number of H-pyrrole nitrogens is 1. The van der Waals surface area contributed by atoms with Gasteiger partial charge in [0.2, 0.25) is 0 Å². The van der Waals surface area contributed by atoms with Gasteiger partial charge in [0.25, 0.3) is 0 Å². The van der Waals surface area contributed by atoms with Crippen molar-refractivity contribution in [3.05, 3.63) is 34.8 Å². The first-order chi connectivity index (χ1) is 7.06. The topological polar surface area (TPSA) is 32.9 Å². The summed E-state index contributed by atoms with van der Waals surface area (Å²) in [6, 6.07) is 0.868. The lowest BCUT2D eigenvalue weighted by atomic mass is 10.1. The van der Waals surface area contributed by atoms with Crippen LogP contribution in [0.4, 0.5) is 13.2 Å². The van der Waals surface area contributed by atoms with Crippen molar-refractivity contribution in [1.82, 2.24) is 4.98 Å². The van der Waals surface area contributed by atoms with Gasteiger partial charge in [-0.15, -0.1) is 0 Å². The second-order valence-electron chi connectivity index (χ2n) is 3.19. The minimum Gasteiger partial charge on any atom is -0.350 e. The van der Waals surface area contributed by atoms with Gasteiger partial charge in [0.1, 0.15) is 0 Å². The molecule has 1 N–H and O–H groups in total. The van der Waals surface area contributed by atoms with Gasteiger partial charge in [0.05, 0.1) is 11.2 Å². The smallest absolute Gasteiger partial charge is 0.196 e. The van der Waals surface area contributed by atoms with Crippen LogP contribution in [0.15, 0.2) is 6.07 Å². The minimum absolute atomic E-state index is 0.119. The number of halogens is 3. The van der Waals surface area contributed by atoms with E-state index in [1.165, 1.54) is 6.92 Å². The average molecular weight is 213 g/mol. The molecule has 78 valence electrons. The first-order valence-corrected chi connectivity index (χ1v) is 4.17. The van der Waals surface area contributed by atoms with Gasteiger partial charge in [-0.3, -0.25) is 4.79 Å². The second-order valence-corrected chi connectivity index (χ2v) is 3.19. The zero-order valence-corrected chi connectivity index (χ0v) is 7.70. The van der Waals surface area contributed by atoms with Crippen LogP contribution in [-0.4, -0.2) is 11.3 Å². The molecule has 2 aromatic rings. The first-order valence-electron chi connectivity index (χ1n) is 4.17. The number of aromatic nitrogens is 1. The Labute approximate surface area is 82.7 Å². The highest BCUT2D eigenvalue weighted by atomic mass is 19.2. The van der Waals surface area contributed by atoms with Crippen LogP contribution in [0.3, 0.4) is 0 Å². The van der Waals surface area contributed by atoms with Crippen LogP contribution in [0.2, 0.25) is 0 Å². The Hall–Kier alpha value is -1.78. The van der Waals surface area contributed by atoms with Crippen molar-refractivity contribution < 1.29 is 18.0 Å². The summed E-state index contributed by atoms with van der Waals surface area (Å²) in [6.07, 6.45) is 0.477. The van der Waals surface area contributed by atoms with Crippen molar-refractivity contribution in [3.63, 3.8) is 0 Å². The van der Waals surface area contributed by atoms with Gasteiger partial charge in [-0.1, -0.05) is 0 Å². The highest BCUT2D eigenvalue weighted by molar-refractivity contribution is 5.92. The molecule has 0 aliphatic carbocycles. The number of carbonyl (C=O) groups is 1. The highest BCUT2D eigenvalue weighted by Crippen LogP contribution is 2.26. The van der Waals surface area contributed by atoms with Crippen molar-refractivity contribution in [2.75, 3.05) is 0 Å². The predicted octanol–water partition coefficient (Wildman–Crippen LogP) is 2.71. The molecule has 2 nitrogen and oxygen atoms in total. The van der Waals surface area contributed by atoms with E-state index in [1.54, 1.807) is 0 Å². The summed E-state index contributed by atoms with van der Waals surface area (Å²) in [7, 11) is 0. The molecule has 0 saturated heterocycles. The molecule has 1 aromatic heterocycles. The summed E-state index contributed by atoms with van der Waals surface area (Å²) in [5.41, 5.74) is 0.334. The number of aldehydes is 1. The third-order valence-electron chi connectivity index (χ3n) is 2.35. The van der Waals surface area contributed by atoms with Crippen molar-refractivity contribution >= 4 is 17.2 Å². The van der Waals surface area contributed by atoms with Crippen LogP contribution in [-0.2, 0) is 0 Å². The number of carbonyl (C=O) groups excluding carboxylic acids is 1. The van der Waals surface area contributed by atoms with Gasteiger partial charge < -0.3 is 4.98 Å². The Bertz CT molecular complexity index is 560. The number of aryl methyl sites for hydroxylation is 1. The van der Waals surface area contributed by atoms with Gasteiger partial charge in [0, 0.05) is 5.39 Å². The van der Waals surface area contributed by atoms with Gasteiger partial charge in [0.15, 0.2) is 23.7 Å². The first kappa shape index (κ1) is 9.76. The van der Waals surface area contributed by atoms with E-state index in [0.29, 0.717) is 11.8 Å². The number of hydrogen-bond acceptors (Lipinski definition) is 1. The van der Waals surface area contributed by atoms with Crippen molar-refractivity contribution in [3.8, 4) is 0 Å². The monoisotopic (exact) mass is 213 g/mol. The van der Waals surface area contributed by atoms with Crippen molar-refractivity contribution in [1.29, 1.82) is 0 Å². The van der Waals surface area contributed by atoms with Gasteiger partial charge >= 0.3 is 0 Å². The third-order valence-corrected chi connectivity index (χ3v) is 2.35. The molecule has 0 aliphatic rings. The normalized spacial score (nSPS) is 10.9. The zero-order chi connectivity index (χ0) is 11.2. The lowest BCUT2D eigenvalue weighted by Gasteiger charge is -1.97. The minimum atomic E-state index is -1.54. The SMILES string of the molecule is Cc1c(C=O)[nH]c2c(F)c(F)c(F)cc12. The lowest BCUT2D eigenvalue weighted by molar-refractivity contribution is 0.111. The largest absolute Gasteiger partial charge is 0.350 e. The second kappa shape index (κ2) is 3.12. The van der Waals surface area contributed by atoms with Gasteiger partial charge in [-0.2, -0.15) is 0 Å². The Morgan fingerprint density at radius 3 is 2.53 bits per heavy atom. The summed E-state index contributed by atoms with van der Waals surface area (Å²) in [5.74, 6) is -4.11. The van der Waals surface area contributed by atoms with Crippen LogP contribution in [0.1, 0.15) is 16.1 Å². The fraction of sp³-hybridized carbons (Fsp3) is 0.100. The number of benzene rings is 1. The van der Waals surface area contributed by atoms with E-state index in [4.69, 9.17) is 0 Å². The maximum atomic E-state index is 13.2. The number of hydrogen-bond donors (Lipinski definition) is 1. The van der Waals surface area contributed by atoms with E-state index < -0.39 is 17.5 Å². The molecule has 0 saturated carbocycles. The lowest BCUT2D eigenvalue weighted by Crippen LogP contribution is -1.91. The van der Waals surface area contributed by atoms with E-state index in [2.05, 4.69) is 4.98 Å². The van der Waals surface area contributed by atoms with Crippen LogP contribution in [0.25, 0.3) is 10.9 Å². The fourth-order valence-corrected chi connectivity index (χ4v) is 1.50. The molecule has 5 heteroatoms. The van der Waals surface area contributed by atoms with E-state index in [-0.39, 0.29) is 16.6 Å². The molecular weight excluding hydrogens is 207 g/mol. The molecule has 0 amide bonds. The molecule has 1 heterocycles. The molecule has 15 heavy (non-hydrogen) atoms. The van der Waals surface area contributed by atoms with Crippen LogP contribution in [0.5, 0.6) is 0 Å². The van der Waals surface area contributed by atoms with Gasteiger partial charge in [-0.05, 0) is 18.6 Å². The molecule has 0 spiro atoms. The standard InChI is InChI=1S/C10H6F3NO/c1-4-5-2-6(11)8(12)9(13)10(5)14-7(4)3-15/h2-3,14H,1H3. The Morgan fingerprint density at radius 2 is 1.93 bits per heavy atom. The van der Waals surface area contributed by atoms with E-state index in [1.807, 2.05) is 0 Å². The Balaban J connectivity index is 2.95. The Morgan fingerprint density at radius 1 is 1.27 bits per heavy atom. The molecule has 0 bridgehead atoms. The zero-order valence-electron chi connectivity index (χ0n) is 7.70. The summed E-state index contributed by atoms with van der Waals surface area (Å²) in [5, 5.41) is 0.175. The third kappa shape index (κ3) is 1.23.